The molecule has 9 heteroatoms. The van der Waals surface area contributed by atoms with Gasteiger partial charge in [-0.25, -0.2) is 0 Å². The SMILES string of the molecule is O=C(CCCCO[C@H]1C[C@@H](O)[C@@H](O)[C@@H](CO)O1)NCCOCCO. The molecule has 0 aromatic rings. The fourth-order valence-electron chi connectivity index (χ4n) is 2.29. The minimum atomic E-state index is -1.11. The Hall–Kier alpha value is -0.810. The van der Waals surface area contributed by atoms with Gasteiger partial charge in [-0.15, -0.1) is 0 Å². The molecule has 1 rings (SSSR count). The molecule has 4 atom stereocenters. The highest BCUT2D eigenvalue weighted by Crippen LogP contribution is 2.21. The number of carbonyl (C=O) groups excluding carboxylic acids is 1. The molecule has 0 unspecified atom stereocenters. The molecular weight excluding hydrogens is 322 g/mol. The molecule has 0 spiro atoms. The number of nitrogens with one attached hydrogen (secondary N) is 1. The Bertz CT molecular complexity index is 343. The first-order chi connectivity index (χ1) is 11.6. The van der Waals surface area contributed by atoms with Gasteiger partial charge in [0, 0.05) is 26.0 Å². The molecule has 1 amide bonds. The summed E-state index contributed by atoms with van der Waals surface area (Å²) in [6.45, 7) is 0.981. The maximum Gasteiger partial charge on any atom is 0.220 e. The highest BCUT2D eigenvalue weighted by molar-refractivity contribution is 5.75. The topological polar surface area (TPSA) is 138 Å². The molecule has 1 heterocycles. The first-order valence-electron chi connectivity index (χ1n) is 8.27. The Morgan fingerprint density at radius 3 is 2.67 bits per heavy atom. The second-order valence-corrected chi connectivity index (χ2v) is 5.59. The lowest BCUT2D eigenvalue weighted by Gasteiger charge is -2.36. The molecule has 0 aliphatic carbocycles. The van der Waals surface area contributed by atoms with Crippen molar-refractivity contribution in [1.82, 2.24) is 5.32 Å². The molecular formula is C15H29NO8. The van der Waals surface area contributed by atoms with E-state index in [4.69, 9.17) is 24.4 Å². The maximum absolute atomic E-state index is 11.5. The Kier molecular flexibility index (Phi) is 11.1. The number of hydrogen-bond donors (Lipinski definition) is 5. The monoisotopic (exact) mass is 351 g/mol. The molecule has 1 saturated heterocycles. The predicted molar refractivity (Wildman–Crippen MR) is 83.1 cm³/mol. The van der Waals surface area contributed by atoms with E-state index in [1.165, 1.54) is 0 Å². The molecule has 24 heavy (non-hydrogen) atoms. The van der Waals surface area contributed by atoms with Crippen molar-refractivity contribution in [3.8, 4) is 0 Å². The maximum atomic E-state index is 11.5. The van der Waals surface area contributed by atoms with Crippen LogP contribution in [0, 0.1) is 0 Å². The summed E-state index contributed by atoms with van der Waals surface area (Å²) >= 11 is 0. The number of rotatable bonds is 12. The fourth-order valence-corrected chi connectivity index (χ4v) is 2.29. The van der Waals surface area contributed by atoms with E-state index < -0.39 is 24.6 Å². The average molecular weight is 351 g/mol. The van der Waals surface area contributed by atoms with Gasteiger partial charge >= 0.3 is 0 Å². The number of hydrogen-bond acceptors (Lipinski definition) is 8. The van der Waals surface area contributed by atoms with Gasteiger partial charge in [0.05, 0.1) is 32.5 Å². The lowest BCUT2D eigenvalue weighted by atomic mass is 10.0. The molecule has 5 N–H and O–H groups in total. The normalized spacial score (nSPS) is 27.2. The zero-order valence-electron chi connectivity index (χ0n) is 13.8. The summed E-state index contributed by atoms with van der Waals surface area (Å²) in [5, 5.41) is 39.5. The van der Waals surface area contributed by atoms with Crippen LogP contribution in [0.25, 0.3) is 0 Å². The summed E-state index contributed by atoms with van der Waals surface area (Å²) in [5.41, 5.74) is 0. The number of amides is 1. The van der Waals surface area contributed by atoms with Crippen LogP contribution in [-0.2, 0) is 19.0 Å². The van der Waals surface area contributed by atoms with Gasteiger partial charge in [0.1, 0.15) is 12.2 Å². The van der Waals surface area contributed by atoms with Gasteiger partial charge in [0.15, 0.2) is 6.29 Å². The standard InChI is InChI=1S/C15H29NO8/c17-5-8-22-7-4-16-13(20)3-1-2-6-23-14-9-11(19)15(21)12(10-18)24-14/h11-12,14-15,17-19,21H,1-10H2,(H,16,20)/t11-,12-,14-,15-/m1/s1. The van der Waals surface area contributed by atoms with E-state index in [0.717, 1.165) is 0 Å². The van der Waals surface area contributed by atoms with Gasteiger partial charge in [-0.1, -0.05) is 0 Å². The van der Waals surface area contributed by atoms with Crippen LogP contribution in [-0.4, -0.2) is 90.5 Å². The van der Waals surface area contributed by atoms with Crippen molar-refractivity contribution in [2.75, 3.05) is 39.6 Å². The Labute approximate surface area is 141 Å². The fraction of sp³-hybridized carbons (Fsp3) is 0.933. The Morgan fingerprint density at radius 1 is 1.17 bits per heavy atom. The quantitative estimate of drug-likeness (QED) is 0.258. The largest absolute Gasteiger partial charge is 0.394 e. The van der Waals surface area contributed by atoms with Crippen molar-refractivity contribution in [3.63, 3.8) is 0 Å². The third kappa shape index (κ3) is 8.34. The molecule has 0 aromatic carbocycles. The predicted octanol–water partition coefficient (Wildman–Crippen LogP) is -1.87. The third-order valence-corrected chi connectivity index (χ3v) is 3.62. The van der Waals surface area contributed by atoms with Gasteiger partial charge in [-0.05, 0) is 12.8 Å². The van der Waals surface area contributed by atoms with Crippen molar-refractivity contribution in [3.05, 3.63) is 0 Å². The van der Waals surface area contributed by atoms with Gasteiger partial charge in [-0.3, -0.25) is 4.79 Å². The van der Waals surface area contributed by atoms with E-state index >= 15 is 0 Å². The molecule has 9 nitrogen and oxygen atoms in total. The second kappa shape index (κ2) is 12.5. The zero-order chi connectivity index (χ0) is 17.8. The van der Waals surface area contributed by atoms with Crippen LogP contribution in [0.4, 0.5) is 0 Å². The van der Waals surface area contributed by atoms with Crippen LogP contribution in [0.5, 0.6) is 0 Å². The minimum Gasteiger partial charge on any atom is -0.394 e. The van der Waals surface area contributed by atoms with Gasteiger partial charge in [0.2, 0.25) is 5.91 Å². The van der Waals surface area contributed by atoms with Crippen molar-refractivity contribution in [2.45, 2.75) is 50.3 Å². The minimum absolute atomic E-state index is 0.0340. The molecule has 1 aliphatic rings. The molecule has 0 saturated carbocycles. The smallest absolute Gasteiger partial charge is 0.220 e. The summed E-state index contributed by atoms with van der Waals surface area (Å²) < 4.78 is 15.8. The van der Waals surface area contributed by atoms with Crippen molar-refractivity contribution >= 4 is 5.91 Å². The second-order valence-electron chi connectivity index (χ2n) is 5.59. The van der Waals surface area contributed by atoms with E-state index in [1.807, 2.05) is 0 Å². The highest BCUT2D eigenvalue weighted by atomic mass is 16.7. The number of carbonyl (C=O) groups is 1. The van der Waals surface area contributed by atoms with Crippen LogP contribution in [0.1, 0.15) is 25.7 Å². The average Bonchev–Trinajstić information content (AvgIpc) is 2.57. The lowest BCUT2D eigenvalue weighted by Crippen LogP contribution is -2.50. The number of aliphatic hydroxyl groups excluding tert-OH is 4. The van der Waals surface area contributed by atoms with Crippen molar-refractivity contribution < 1.29 is 39.4 Å². The Morgan fingerprint density at radius 2 is 1.96 bits per heavy atom. The molecule has 1 aliphatic heterocycles. The summed E-state index contributed by atoms with van der Waals surface area (Å²) in [6.07, 6.45) is -1.81. The summed E-state index contributed by atoms with van der Waals surface area (Å²) in [5.74, 6) is -0.0737. The van der Waals surface area contributed by atoms with E-state index in [2.05, 4.69) is 5.32 Å². The van der Waals surface area contributed by atoms with Gasteiger partial charge in [-0.2, -0.15) is 0 Å². The number of aliphatic hydroxyl groups is 4. The van der Waals surface area contributed by atoms with Crippen LogP contribution in [0.3, 0.4) is 0 Å². The molecule has 0 bridgehead atoms. The van der Waals surface area contributed by atoms with Gasteiger partial charge in [0.25, 0.3) is 0 Å². The van der Waals surface area contributed by atoms with Crippen LogP contribution in [0.15, 0.2) is 0 Å². The summed E-state index contributed by atoms with van der Waals surface area (Å²) in [6, 6.07) is 0. The first kappa shape index (κ1) is 21.2. The van der Waals surface area contributed by atoms with Crippen LogP contribution in [0.2, 0.25) is 0 Å². The van der Waals surface area contributed by atoms with Crippen molar-refractivity contribution in [2.24, 2.45) is 0 Å². The van der Waals surface area contributed by atoms with E-state index in [0.29, 0.717) is 39.0 Å². The highest BCUT2D eigenvalue weighted by Gasteiger charge is 2.36. The molecule has 1 fully saturated rings. The number of ether oxygens (including phenoxy) is 3. The molecule has 142 valence electrons. The van der Waals surface area contributed by atoms with Crippen LogP contribution < -0.4 is 5.32 Å². The molecule has 0 radical (unpaired) electrons. The van der Waals surface area contributed by atoms with E-state index in [1.54, 1.807) is 0 Å². The van der Waals surface area contributed by atoms with E-state index in [-0.39, 0.29) is 32.1 Å². The van der Waals surface area contributed by atoms with Gasteiger partial charge < -0.3 is 40.0 Å². The first-order valence-corrected chi connectivity index (χ1v) is 8.27. The van der Waals surface area contributed by atoms with Crippen molar-refractivity contribution in [1.29, 1.82) is 0 Å². The number of unbranched alkanes of at least 4 members (excludes halogenated alkanes) is 1. The van der Waals surface area contributed by atoms with E-state index in [9.17, 15) is 15.0 Å². The lowest BCUT2D eigenvalue weighted by molar-refractivity contribution is -0.256. The summed E-state index contributed by atoms with van der Waals surface area (Å²) in [7, 11) is 0. The zero-order valence-corrected chi connectivity index (χ0v) is 13.8. The third-order valence-electron chi connectivity index (χ3n) is 3.62. The summed E-state index contributed by atoms with van der Waals surface area (Å²) in [4.78, 5) is 11.5. The molecule has 0 aromatic heterocycles. The van der Waals surface area contributed by atoms with Crippen LogP contribution >= 0.6 is 0 Å². The Balaban J connectivity index is 2.02.